The fraction of sp³-hybridized carbons (Fsp3) is 0.375. The molecule has 0 spiro atoms. The number of rotatable bonds is 5. The van der Waals surface area contributed by atoms with E-state index in [1.807, 2.05) is 24.3 Å². The highest BCUT2D eigenvalue weighted by Crippen LogP contribution is 2.32. The van der Waals surface area contributed by atoms with E-state index in [2.05, 4.69) is 34.5 Å². The lowest BCUT2D eigenvalue weighted by Gasteiger charge is -2.26. The van der Waals surface area contributed by atoms with Crippen molar-refractivity contribution in [2.24, 2.45) is 0 Å². The number of nitrogens with zero attached hydrogens (tertiary/aromatic N) is 3. The first-order chi connectivity index (χ1) is 14.8. The number of benzene rings is 2. The highest BCUT2D eigenvalue weighted by Gasteiger charge is 2.23. The Bertz CT molecular complexity index is 1060. The third-order valence-corrected chi connectivity index (χ3v) is 6.93. The van der Waals surface area contributed by atoms with Crippen LogP contribution in [0.25, 0.3) is 11.0 Å². The number of amides is 1. The zero-order chi connectivity index (χ0) is 20.3. The van der Waals surface area contributed by atoms with Gasteiger partial charge in [0.2, 0.25) is 5.91 Å². The molecule has 1 unspecified atom stereocenters. The van der Waals surface area contributed by atoms with Gasteiger partial charge in [0.1, 0.15) is 5.03 Å². The summed E-state index contributed by atoms with van der Waals surface area (Å²) in [5, 5.41) is 4.11. The Hall–Kier alpha value is -2.60. The smallest absolute Gasteiger partial charge is 0.230 e. The van der Waals surface area contributed by atoms with Crippen molar-refractivity contribution < 1.29 is 4.79 Å². The Morgan fingerprint density at radius 1 is 1.00 bits per heavy atom. The number of aryl methyl sites for hydroxylation is 1. The molecule has 3 aromatic rings. The molecule has 0 bridgehead atoms. The van der Waals surface area contributed by atoms with Crippen molar-refractivity contribution in [2.75, 3.05) is 23.7 Å². The van der Waals surface area contributed by atoms with Crippen molar-refractivity contribution in [3.63, 3.8) is 0 Å². The van der Waals surface area contributed by atoms with E-state index >= 15 is 0 Å². The SMILES string of the molecule is O=C(CSc1nc2ccccc2nc1N1CCCC1)NC1CCCc2ccccc21. The van der Waals surface area contributed by atoms with Crippen LogP contribution in [0.2, 0.25) is 0 Å². The van der Waals surface area contributed by atoms with Crippen molar-refractivity contribution in [1.29, 1.82) is 0 Å². The van der Waals surface area contributed by atoms with Gasteiger partial charge in [-0.3, -0.25) is 4.79 Å². The molecule has 6 heteroatoms. The minimum Gasteiger partial charge on any atom is -0.354 e. The largest absolute Gasteiger partial charge is 0.354 e. The molecule has 1 saturated heterocycles. The summed E-state index contributed by atoms with van der Waals surface area (Å²) in [7, 11) is 0. The molecule has 30 heavy (non-hydrogen) atoms. The van der Waals surface area contributed by atoms with Crippen molar-refractivity contribution in [2.45, 2.75) is 43.2 Å². The van der Waals surface area contributed by atoms with Crippen LogP contribution >= 0.6 is 11.8 Å². The molecule has 2 aromatic carbocycles. The first-order valence-electron chi connectivity index (χ1n) is 10.8. The van der Waals surface area contributed by atoms with Gasteiger partial charge in [-0.05, 0) is 55.4 Å². The lowest BCUT2D eigenvalue weighted by atomic mass is 9.88. The molecule has 1 amide bonds. The van der Waals surface area contributed by atoms with Gasteiger partial charge < -0.3 is 10.2 Å². The van der Waals surface area contributed by atoms with Gasteiger partial charge in [0.05, 0.1) is 22.8 Å². The first kappa shape index (κ1) is 19.4. The first-order valence-corrected chi connectivity index (χ1v) is 11.8. The Balaban J connectivity index is 1.32. The Morgan fingerprint density at radius 2 is 1.73 bits per heavy atom. The van der Waals surface area contributed by atoms with Crippen LogP contribution in [-0.2, 0) is 11.2 Å². The fourth-order valence-electron chi connectivity index (χ4n) is 4.48. The molecule has 1 aromatic heterocycles. The van der Waals surface area contributed by atoms with E-state index < -0.39 is 0 Å². The average molecular weight is 419 g/mol. The van der Waals surface area contributed by atoms with Crippen LogP contribution in [0.15, 0.2) is 53.6 Å². The number of hydrogen-bond acceptors (Lipinski definition) is 5. The number of para-hydroxylation sites is 2. The maximum atomic E-state index is 12.8. The van der Waals surface area contributed by atoms with Gasteiger partial charge >= 0.3 is 0 Å². The summed E-state index contributed by atoms with van der Waals surface area (Å²) in [5.41, 5.74) is 4.42. The summed E-state index contributed by atoms with van der Waals surface area (Å²) >= 11 is 1.50. The van der Waals surface area contributed by atoms with Crippen molar-refractivity contribution in [1.82, 2.24) is 15.3 Å². The number of hydrogen-bond donors (Lipinski definition) is 1. The van der Waals surface area contributed by atoms with Crippen LogP contribution in [0.4, 0.5) is 5.82 Å². The van der Waals surface area contributed by atoms with Gasteiger partial charge in [-0.15, -0.1) is 0 Å². The molecule has 5 nitrogen and oxygen atoms in total. The van der Waals surface area contributed by atoms with E-state index in [1.54, 1.807) is 0 Å². The van der Waals surface area contributed by atoms with E-state index in [9.17, 15) is 4.79 Å². The maximum Gasteiger partial charge on any atom is 0.230 e. The fourth-order valence-corrected chi connectivity index (χ4v) is 5.30. The van der Waals surface area contributed by atoms with E-state index in [-0.39, 0.29) is 11.9 Å². The number of carbonyl (C=O) groups is 1. The molecule has 1 atom stereocenters. The molecule has 1 N–H and O–H groups in total. The predicted octanol–water partition coefficient (Wildman–Crippen LogP) is 4.52. The van der Waals surface area contributed by atoms with Crippen LogP contribution in [0.1, 0.15) is 42.9 Å². The molecular weight excluding hydrogens is 392 g/mol. The van der Waals surface area contributed by atoms with E-state index in [0.717, 1.165) is 54.2 Å². The summed E-state index contributed by atoms with van der Waals surface area (Å²) in [4.78, 5) is 24.8. The Morgan fingerprint density at radius 3 is 2.57 bits per heavy atom. The zero-order valence-electron chi connectivity index (χ0n) is 17.0. The predicted molar refractivity (Wildman–Crippen MR) is 122 cm³/mol. The van der Waals surface area contributed by atoms with Crippen molar-refractivity contribution >= 4 is 34.5 Å². The molecular formula is C24H26N4OS. The maximum absolute atomic E-state index is 12.8. The van der Waals surface area contributed by atoms with Crippen molar-refractivity contribution in [3.05, 3.63) is 59.7 Å². The zero-order valence-corrected chi connectivity index (χ0v) is 17.8. The minimum atomic E-state index is 0.0593. The number of fused-ring (bicyclic) bond motifs is 2. The highest BCUT2D eigenvalue weighted by molar-refractivity contribution is 8.00. The summed E-state index contributed by atoms with van der Waals surface area (Å²) in [6.45, 7) is 2.01. The van der Waals surface area contributed by atoms with Crippen LogP contribution in [0, 0.1) is 0 Å². The van der Waals surface area contributed by atoms with Crippen LogP contribution in [-0.4, -0.2) is 34.7 Å². The van der Waals surface area contributed by atoms with E-state index in [1.165, 1.54) is 35.7 Å². The summed E-state index contributed by atoms with van der Waals surface area (Å²) in [5.74, 6) is 1.34. The molecule has 1 fully saturated rings. The number of thioether (sulfide) groups is 1. The lowest BCUT2D eigenvalue weighted by Crippen LogP contribution is -2.32. The lowest BCUT2D eigenvalue weighted by molar-refractivity contribution is -0.119. The molecule has 154 valence electrons. The Labute approximate surface area is 181 Å². The van der Waals surface area contributed by atoms with Gasteiger partial charge in [0.25, 0.3) is 0 Å². The van der Waals surface area contributed by atoms with Gasteiger partial charge in [0, 0.05) is 13.1 Å². The second-order valence-corrected chi connectivity index (χ2v) is 9.00. The molecule has 5 rings (SSSR count). The van der Waals surface area contributed by atoms with Crippen LogP contribution in [0.5, 0.6) is 0 Å². The third kappa shape index (κ3) is 4.01. The van der Waals surface area contributed by atoms with E-state index in [4.69, 9.17) is 9.97 Å². The topological polar surface area (TPSA) is 58.1 Å². The number of nitrogens with one attached hydrogen (secondary N) is 1. The normalized spacial score (nSPS) is 18.4. The second kappa shape index (κ2) is 8.64. The average Bonchev–Trinajstić information content (AvgIpc) is 3.32. The van der Waals surface area contributed by atoms with Crippen LogP contribution < -0.4 is 10.2 Å². The Kier molecular flexibility index (Phi) is 5.58. The monoisotopic (exact) mass is 418 g/mol. The molecule has 1 aliphatic carbocycles. The summed E-state index contributed by atoms with van der Waals surface area (Å²) in [6.07, 6.45) is 5.58. The number of anilines is 1. The minimum absolute atomic E-state index is 0.0593. The van der Waals surface area contributed by atoms with Crippen LogP contribution in [0.3, 0.4) is 0 Å². The standard InChI is InChI=1S/C24H26N4OS/c29-22(25-19-13-7-9-17-8-1-2-10-18(17)19)16-30-24-23(28-14-5-6-15-28)26-20-11-3-4-12-21(20)27-24/h1-4,8,10-12,19H,5-7,9,13-16H2,(H,25,29). The molecule has 2 aliphatic rings. The molecule has 1 aliphatic heterocycles. The second-order valence-electron chi connectivity index (χ2n) is 8.04. The third-order valence-electron chi connectivity index (χ3n) is 5.97. The van der Waals surface area contributed by atoms with E-state index in [0.29, 0.717) is 5.75 Å². The molecule has 2 heterocycles. The highest BCUT2D eigenvalue weighted by atomic mass is 32.2. The van der Waals surface area contributed by atoms with Gasteiger partial charge in [-0.1, -0.05) is 48.2 Å². The number of aromatic nitrogens is 2. The summed E-state index contributed by atoms with van der Waals surface area (Å²) < 4.78 is 0. The van der Waals surface area contributed by atoms with Gasteiger partial charge in [0.15, 0.2) is 5.82 Å². The van der Waals surface area contributed by atoms with Gasteiger partial charge in [-0.2, -0.15) is 0 Å². The van der Waals surface area contributed by atoms with Gasteiger partial charge in [-0.25, -0.2) is 9.97 Å². The quantitative estimate of drug-likeness (QED) is 0.618. The molecule has 0 saturated carbocycles. The molecule has 0 radical (unpaired) electrons. The summed E-state index contributed by atoms with van der Waals surface area (Å²) in [6, 6.07) is 16.5. The van der Waals surface area contributed by atoms with Crippen molar-refractivity contribution in [3.8, 4) is 0 Å². The number of carbonyl (C=O) groups excluding carboxylic acids is 1.